The van der Waals surface area contributed by atoms with Crippen LogP contribution >= 0.6 is 11.3 Å². The Morgan fingerprint density at radius 1 is 1.11 bits per heavy atom. The van der Waals surface area contributed by atoms with Crippen LogP contribution in [0.3, 0.4) is 0 Å². The van der Waals surface area contributed by atoms with Gasteiger partial charge in [-0.25, -0.2) is 9.67 Å². The Morgan fingerprint density at radius 2 is 1.94 bits per heavy atom. The first-order valence-corrected chi connectivity index (χ1v) is 12.6. The quantitative estimate of drug-likeness (QED) is 0.464. The number of aryl methyl sites for hydroxylation is 1. The molecule has 176 valence electrons. The maximum absolute atomic E-state index is 12.4. The molecule has 1 aromatic carbocycles. The van der Waals surface area contributed by atoms with Crippen molar-refractivity contribution in [1.82, 2.24) is 24.6 Å². The van der Waals surface area contributed by atoms with Gasteiger partial charge in [0.15, 0.2) is 5.13 Å². The molecule has 0 unspecified atom stereocenters. The number of nitrogens with one attached hydrogen (secondary N) is 1. The minimum Gasteiger partial charge on any atom is -0.342 e. The molecule has 1 aliphatic heterocycles. The third-order valence-corrected chi connectivity index (χ3v) is 7.49. The minimum absolute atomic E-state index is 0.135. The standard InChI is InChI=1S/C26H24N6O2S/c1-16(33)28-26-29-21-10-9-20-23(18-4-2-11-27-15-18)30-32(24(20)25(21)35-26)19-7-5-17(6-8-19)14-22(34)31-12-3-13-31/h2,4-8,11,15H,3,9-10,12-14H2,1H3,(H,28,29,33). The number of benzene rings is 1. The number of carbonyl (C=O) groups is 2. The Morgan fingerprint density at radius 3 is 2.63 bits per heavy atom. The number of carbonyl (C=O) groups excluding carboxylic acids is 2. The summed E-state index contributed by atoms with van der Waals surface area (Å²) in [6, 6.07) is 12.0. The maximum atomic E-state index is 12.4. The van der Waals surface area contributed by atoms with E-state index in [1.807, 2.05) is 52.2 Å². The molecule has 3 aromatic heterocycles. The lowest BCUT2D eigenvalue weighted by Crippen LogP contribution is -2.42. The van der Waals surface area contributed by atoms with Gasteiger partial charge in [-0.3, -0.25) is 14.6 Å². The molecule has 9 heteroatoms. The molecule has 6 rings (SSSR count). The van der Waals surface area contributed by atoms with Gasteiger partial charge in [0.25, 0.3) is 0 Å². The Labute approximate surface area is 206 Å². The third-order valence-electron chi connectivity index (χ3n) is 6.47. The molecule has 0 saturated carbocycles. The molecule has 8 nitrogen and oxygen atoms in total. The van der Waals surface area contributed by atoms with Crippen molar-refractivity contribution in [3.63, 3.8) is 0 Å². The fourth-order valence-corrected chi connectivity index (χ4v) is 5.72. The fourth-order valence-electron chi connectivity index (χ4n) is 4.60. The average Bonchev–Trinajstić information content (AvgIpc) is 3.39. The zero-order valence-electron chi connectivity index (χ0n) is 19.3. The number of hydrogen-bond acceptors (Lipinski definition) is 6. The molecule has 35 heavy (non-hydrogen) atoms. The molecule has 1 N–H and O–H groups in total. The van der Waals surface area contributed by atoms with Crippen molar-refractivity contribution < 1.29 is 9.59 Å². The monoisotopic (exact) mass is 484 g/mol. The number of rotatable bonds is 5. The zero-order chi connectivity index (χ0) is 23.9. The predicted octanol–water partition coefficient (Wildman–Crippen LogP) is 3.89. The van der Waals surface area contributed by atoms with E-state index in [1.54, 1.807) is 6.20 Å². The average molecular weight is 485 g/mol. The van der Waals surface area contributed by atoms with Crippen LogP contribution in [0.4, 0.5) is 5.13 Å². The lowest BCUT2D eigenvalue weighted by Gasteiger charge is -2.30. The van der Waals surface area contributed by atoms with Crippen molar-refractivity contribution in [3.05, 3.63) is 65.6 Å². The van der Waals surface area contributed by atoms with E-state index in [0.29, 0.717) is 11.6 Å². The Kier molecular flexibility index (Phi) is 5.41. The van der Waals surface area contributed by atoms with Gasteiger partial charge in [-0.05, 0) is 49.1 Å². The number of aromatic nitrogens is 4. The number of amides is 2. The second kappa shape index (κ2) is 8.74. The molecule has 4 heterocycles. The van der Waals surface area contributed by atoms with Crippen molar-refractivity contribution in [2.75, 3.05) is 18.4 Å². The molecular weight excluding hydrogens is 460 g/mol. The number of nitrogens with zero attached hydrogens (tertiary/aromatic N) is 5. The van der Waals surface area contributed by atoms with Crippen molar-refractivity contribution in [2.45, 2.75) is 32.6 Å². The van der Waals surface area contributed by atoms with E-state index in [0.717, 1.165) is 76.7 Å². The van der Waals surface area contributed by atoms with E-state index < -0.39 is 0 Å². The van der Waals surface area contributed by atoms with E-state index in [9.17, 15) is 9.59 Å². The number of fused-ring (bicyclic) bond motifs is 3. The number of thiazole rings is 1. The molecule has 0 atom stereocenters. The first kappa shape index (κ1) is 21.7. The highest BCUT2D eigenvalue weighted by atomic mass is 32.1. The van der Waals surface area contributed by atoms with Crippen LogP contribution < -0.4 is 5.32 Å². The molecule has 0 spiro atoms. The second-order valence-corrected chi connectivity index (χ2v) is 9.88. The molecule has 2 aliphatic rings. The van der Waals surface area contributed by atoms with Crippen LogP contribution in [0.25, 0.3) is 27.5 Å². The van der Waals surface area contributed by atoms with Gasteiger partial charge in [0.05, 0.1) is 34.1 Å². The van der Waals surface area contributed by atoms with Crippen LogP contribution in [-0.4, -0.2) is 49.6 Å². The number of anilines is 1. The predicted molar refractivity (Wildman–Crippen MR) is 135 cm³/mol. The van der Waals surface area contributed by atoms with Gasteiger partial charge in [0.1, 0.15) is 0 Å². The molecule has 1 saturated heterocycles. The summed E-state index contributed by atoms with van der Waals surface area (Å²) in [5, 5.41) is 8.47. The first-order chi connectivity index (χ1) is 17.1. The Balaban J connectivity index is 1.42. The number of likely N-dealkylation sites (tertiary alicyclic amines) is 1. The Hall–Kier alpha value is -3.85. The lowest BCUT2D eigenvalue weighted by atomic mass is 9.95. The molecule has 0 radical (unpaired) electrons. The van der Waals surface area contributed by atoms with Crippen molar-refractivity contribution in [3.8, 4) is 27.5 Å². The maximum Gasteiger partial charge on any atom is 0.226 e. The van der Waals surface area contributed by atoms with Crippen LogP contribution in [-0.2, 0) is 28.9 Å². The second-order valence-electron chi connectivity index (χ2n) is 8.88. The summed E-state index contributed by atoms with van der Waals surface area (Å²) in [5.41, 5.74) is 6.91. The first-order valence-electron chi connectivity index (χ1n) is 11.7. The van der Waals surface area contributed by atoms with Gasteiger partial charge in [-0.2, -0.15) is 5.10 Å². The third kappa shape index (κ3) is 4.01. The summed E-state index contributed by atoms with van der Waals surface area (Å²) in [7, 11) is 0. The van der Waals surface area contributed by atoms with Crippen molar-refractivity contribution in [2.24, 2.45) is 0 Å². The summed E-state index contributed by atoms with van der Waals surface area (Å²) in [6.07, 6.45) is 6.69. The van der Waals surface area contributed by atoms with Gasteiger partial charge < -0.3 is 10.2 Å². The van der Waals surface area contributed by atoms with Crippen LogP contribution in [0.2, 0.25) is 0 Å². The Bertz CT molecular complexity index is 1420. The van der Waals surface area contributed by atoms with Crippen LogP contribution in [0, 0.1) is 0 Å². The number of pyridine rings is 1. The molecule has 0 bridgehead atoms. The summed E-state index contributed by atoms with van der Waals surface area (Å²) < 4.78 is 1.96. The summed E-state index contributed by atoms with van der Waals surface area (Å²) in [6.45, 7) is 3.22. The smallest absolute Gasteiger partial charge is 0.226 e. The van der Waals surface area contributed by atoms with Crippen LogP contribution in [0.5, 0.6) is 0 Å². The van der Waals surface area contributed by atoms with Crippen molar-refractivity contribution >= 4 is 28.3 Å². The molecular formula is C26H24N6O2S. The minimum atomic E-state index is -0.135. The van der Waals surface area contributed by atoms with E-state index in [-0.39, 0.29) is 11.8 Å². The number of hydrogen-bond donors (Lipinski definition) is 1. The van der Waals surface area contributed by atoms with Crippen molar-refractivity contribution in [1.29, 1.82) is 0 Å². The van der Waals surface area contributed by atoms with Crippen LogP contribution in [0.15, 0.2) is 48.8 Å². The molecule has 2 amide bonds. The SMILES string of the molecule is CC(=O)Nc1nc2c(s1)-c1c(c(-c3cccnc3)nn1-c1ccc(CC(=O)N3CCC3)cc1)CC2. The van der Waals surface area contributed by atoms with Crippen LogP contribution in [0.1, 0.15) is 30.2 Å². The summed E-state index contributed by atoms with van der Waals surface area (Å²) in [5.74, 6) is 0.0448. The van der Waals surface area contributed by atoms with Gasteiger partial charge >= 0.3 is 0 Å². The zero-order valence-corrected chi connectivity index (χ0v) is 20.1. The largest absolute Gasteiger partial charge is 0.342 e. The van der Waals surface area contributed by atoms with E-state index in [1.165, 1.54) is 18.3 Å². The molecule has 1 fully saturated rings. The van der Waals surface area contributed by atoms with Gasteiger partial charge in [-0.15, -0.1) is 0 Å². The molecule has 4 aromatic rings. The van der Waals surface area contributed by atoms with E-state index in [2.05, 4.69) is 15.3 Å². The summed E-state index contributed by atoms with van der Waals surface area (Å²) in [4.78, 5) is 35.9. The van der Waals surface area contributed by atoms with Gasteiger partial charge in [-0.1, -0.05) is 23.5 Å². The van der Waals surface area contributed by atoms with E-state index in [4.69, 9.17) is 5.10 Å². The molecule has 1 aliphatic carbocycles. The highest BCUT2D eigenvalue weighted by Crippen LogP contribution is 2.44. The lowest BCUT2D eigenvalue weighted by molar-refractivity contribution is -0.133. The highest BCUT2D eigenvalue weighted by molar-refractivity contribution is 7.19. The topological polar surface area (TPSA) is 93.0 Å². The summed E-state index contributed by atoms with van der Waals surface area (Å²) >= 11 is 1.48. The fraction of sp³-hybridized carbons (Fsp3) is 0.269. The highest BCUT2D eigenvalue weighted by Gasteiger charge is 2.30. The van der Waals surface area contributed by atoms with Gasteiger partial charge in [0.2, 0.25) is 11.8 Å². The van der Waals surface area contributed by atoms with E-state index >= 15 is 0 Å². The van der Waals surface area contributed by atoms with Gasteiger partial charge in [0, 0.05) is 43.5 Å². The normalized spacial score (nSPS) is 14.1.